The number of carbonyl (C=O) groups excluding carboxylic acids is 2. The van der Waals surface area contributed by atoms with E-state index < -0.39 is 5.41 Å². The van der Waals surface area contributed by atoms with Crippen LogP contribution in [0.3, 0.4) is 0 Å². The first-order valence-corrected chi connectivity index (χ1v) is 19.6. The van der Waals surface area contributed by atoms with E-state index in [9.17, 15) is 14.0 Å². The number of carbonyl (C=O) groups is 2. The van der Waals surface area contributed by atoms with Gasteiger partial charge in [0.15, 0.2) is 5.78 Å². The smallest absolute Gasteiger partial charge is 0.371 e. The molecule has 0 aliphatic carbocycles. The van der Waals surface area contributed by atoms with Gasteiger partial charge < -0.3 is 9.80 Å². The molecule has 1 unspecified atom stereocenters. The van der Waals surface area contributed by atoms with E-state index in [-0.39, 0.29) is 28.1 Å². The zero-order valence-electron chi connectivity index (χ0n) is 31.0. The van der Waals surface area contributed by atoms with Gasteiger partial charge in [-0.2, -0.15) is 0 Å². The number of anilines is 2. The summed E-state index contributed by atoms with van der Waals surface area (Å²) in [5.74, 6) is -0.184. The minimum Gasteiger partial charge on any atom is -0.371 e. The van der Waals surface area contributed by atoms with Crippen LogP contribution in [0.15, 0.2) is 42.5 Å². The Hall–Kier alpha value is -2.93. The number of nitrogens with zero attached hydrogens (tertiary/aromatic N) is 3. The summed E-state index contributed by atoms with van der Waals surface area (Å²) in [7, 11) is 2.17. The topological polar surface area (TPSA) is 49.9 Å². The maximum absolute atomic E-state index is 14.0. The number of benzene rings is 2. The summed E-state index contributed by atoms with van der Waals surface area (Å²) in [6.45, 7) is 10.5. The molecule has 1 saturated heterocycles. The van der Waals surface area contributed by atoms with Gasteiger partial charge in [-0.1, -0.05) is 96.1 Å². The van der Waals surface area contributed by atoms with Crippen LogP contribution in [-0.2, 0) is 9.63 Å². The number of piperidine rings is 1. The van der Waals surface area contributed by atoms with Gasteiger partial charge in [-0.05, 0) is 56.2 Å². The van der Waals surface area contributed by atoms with Gasteiger partial charge in [-0.25, -0.2) is 9.18 Å². The third-order valence-corrected chi connectivity index (χ3v) is 11.7. The first-order valence-electron chi connectivity index (χ1n) is 19.6. The lowest BCUT2D eigenvalue weighted by Crippen LogP contribution is -2.60. The summed E-state index contributed by atoms with van der Waals surface area (Å²) < 4.78 is 13.7. The number of likely N-dealkylation sites (N-methyl/N-ethyl adjacent to an activating group) is 1. The molecule has 0 aromatic heterocycles. The predicted molar refractivity (Wildman–Crippen MR) is 199 cm³/mol. The van der Waals surface area contributed by atoms with E-state index in [0.29, 0.717) is 31.0 Å². The monoisotopic (exact) mass is 676 g/mol. The van der Waals surface area contributed by atoms with Crippen molar-refractivity contribution in [2.45, 2.75) is 135 Å². The van der Waals surface area contributed by atoms with Crippen molar-refractivity contribution in [3.8, 4) is 0 Å². The fraction of sp³-hybridized carbons (Fsp3) is 0.667. The summed E-state index contributed by atoms with van der Waals surface area (Å²) in [5.41, 5.74) is 3.98. The molecule has 7 heteroatoms. The largest absolute Gasteiger partial charge is 0.372 e. The van der Waals surface area contributed by atoms with Crippen LogP contribution in [0.25, 0.3) is 0 Å². The molecule has 2 aromatic rings. The summed E-state index contributed by atoms with van der Waals surface area (Å²) in [6.07, 6.45) is 18.3. The van der Waals surface area contributed by atoms with E-state index in [2.05, 4.69) is 42.0 Å². The fourth-order valence-electron chi connectivity index (χ4n) is 8.56. The summed E-state index contributed by atoms with van der Waals surface area (Å²) >= 11 is 0. The molecule has 5 rings (SSSR count). The second-order valence-corrected chi connectivity index (χ2v) is 15.9. The molecule has 270 valence electrons. The van der Waals surface area contributed by atoms with E-state index in [1.165, 1.54) is 93.3 Å². The van der Waals surface area contributed by atoms with Crippen molar-refractivity contribution in [2.24, 2.45) is 5.41 Å². The molecule has 0 N–H and O–H groups in total. The van der Waals surface area contributed by atoms with Crippen LogP contribution >= 0.6 is 0 Å². The van der Waals surface area contributed by atoms with Crippen LogP contribution < -0.4 is 9.80 Å². The van der Waals surface area contributed by atoms with Crippen LogP contribution in [0.2, 0.25) is 0 Å². The first-order chi connectivity index (χ1) is 23.6. The van der Waals surface area contributed by atoms with E-state index in [4.69, 9.17) is 4.84 Å². The van der Waals surface area contributed by atoms with Gasteiger partial charge in [0, 0.05) is 51.0 Å². The highest BCUT2D eigenvalue weighted by Crippen LogP contribution is 2.51. The number of fused-ring (bicyclic) bond motifs is 3. The number of unbranched alkanes of at least 4 members (excludes halogenated alkanes) is 11. The first kappa shape index (κ1) is 37.3. The molecule has 0 spiro atoms. The van der Waals surface area contributed by atoms with E-state index in [1.54, 1.807) is 12.1 Å². The Bertz CT molecular complexity index is 1380. The van der Waals surface area contributed by atoms with Crippen LogP contribution in [0.1, 0.15) is 145 Å². The number of halogens is 1. The third kappa shape index (κ3) is 9.45. The fourth-order valence-corrected chi connectivity index (χ4v) is 8.56. The summed E-state index contributed by atoms with van der Waals surface area (Å²) in [4.78, 5) is 38.7. The normalized spacial score (nSPS) is 21.4. The number of likely N-dealkylation sites (tertiary alicyclic amines) is 1. The minimum absolute atomic E-state index is 0.00243. The molecule has 3 aliphatic rings. The second kappa shape index (κ2) is 17.3. The van der Waals surface area contributed by atoms with Gasteiger partial charge in [-0.15, -0.1) is 4.65 Å². The molecule has 0 bridgehead atoms. The molecule has 0 amide bonds. The molecule has 3 heterocycles. The van der Waals surface area contributed by atoms with Crippen molar-refractivity contribution in [1.82, 2.24) is 0 Å². The van der Waals surface area contributed by atoms with Crippen molar-refractivity contribution in [3.63, 3.8) is 0 Å². The van der Waals surface area contributed by atoms with Crippen molar-refractivity contribution in [2.75, 3.05) is 49.6 Å². The maximum Gasteiger partial charge on any atom is 0.372 e. The van der Waals surface area contributed by atoms with Crippen LogP contribution in [0.5, 0.6) is 0 Å². The van der Waals surface area contributed by atoms with Crippen LogP contribution in [0, 0.1) is 11.2 Å². The Morgan fingerprint density at radius 3 is 2.20 bits per heavy atom. The molecule has 0 radical (unpaired) electrons. The number of hydroxylamine groups is 3. The molecule has 49 heavy (non-hydrogen) atoms. The van der Waals surface area contributed by atoms with Crippen molar-refractivity contribution >= 4 is 23.1 Å². The lowest BCUT2D eigenvalue weighted by atomic mass is 9.86. The van der Waals surface area contributed by atoms with E-state index in [1.807, 2.05) is 13.8 Å². The Morgan fingerprint density at radius 1 is 0.878 bits per heavy atom. The van der Waals surface area contributed by atoms with E-state index in [0.717, 1.165) is 51.9 Å². The SMILES string of the molecule is CCCCCCCCCCCCCCC(C)(C)C(=O)O[N+]1(CCCC(=O)c2ccc(F)cc2)CC[C@H]2[C@@H](C1)c1cccc3c1N2CCN3C. The minimum atomic E-state index is -0.567. The van der Waals surface area contributed by atoms with Crippen molar-refractivity contribution in [3.05, 3.63) is 59.4 Å². The highest BCUT2D eigenvalue weighted by Gasteiger charge is 2.53. The molecule has 6 nitrogen and oxygen atoms in total. The Kier molecular flexibility index (Phi) is 13.2. The third-order valence-electron chi connectivity index (χ3n) is 11.7. The highest BCUT2D eigenvalue weighted by molar-refractivity contribution is 5.96. The summed E-state index contributed by atoms with van der Waals surface area (Å²) in [5, 5.41) is 0. The number of para-hydroxylation sites is 1. The zero-order chi connectivity index (χ0) is 34.9. The number of hydrogen-bond acceptors (Lipinski definition) is 5. The standard InChI is InChI=1S/C42H63FN3O3/c1-5-6-7-8-9-10-11-12-13-14-15-16-27-42(2,3)41(48)49-46(30-18-21-39(47)33-22-24-34(43)25-23-33)31-26-37-36(32-46)35-19-17-20-38-40(35)45(37)29-28-44(38)4/h17,19-20,22-25,36-37H,5-16,18,21,26-32H2,1-4H3/q+1/t36-,37-,46?/m0/s1. The van der Waals surface area contributed by atoms with Gasteiger partial charge in [0.1, 0.15) is 25.5 Å². The quantitative estimate of drug-likeness (QED) is 0.0794. The summed E-state index contributed by atoms with van der Waals surface area (Å²) in [6, 6.07) is 12.9. The van der Waals surface area contributed by atoms with Gasteiger partial charge in [0.25, 0.3) is 0 Å². The van der Waals surface area contributed by atoms with Gasteiger partial charge in [0.05, 0.1) is 22.7 Å². The predicted octanol–water partition coefficient (Wildman–Crippen LogP) is 10.0. The van der Waals surface area contributed by atoms with Crippen molar-refractivity contribution < 1.29 is 23.5 Å². The van der Waals surface area contributed by atoms with Crippen LogP contribution in [0.4, 0.5) is 15.8 Å². The number of hydrogen-bond donors (Lipinski definition) is 0. The molecular weight excluding hydrogens is 613 g/mol. The number of Topliss-reactive ketones (excluding diaryl/α,β-unsaturated/α-hetero) is 1. The maximum atomic E-state index is 14.0. The Morgan fingerprint density at radius 2 is 1.53 bits per heavy atom. The molecular formula is C42H63FN3O3+. The molecule has 3 atom stereocenters. The Labute approximate surface area is 295 Å². The number of quaternary nitrogens is 1. The van der Waals surface area contributed by atoms with Gasteiger partial charge >= 0.3 is 5.97 Å². The van der Waals surface area contributed by atoms with Crippen molar-refractivity contribution in [1.29, 1.82) is 0 Å². The molecule has 3 aliphatic heterocycles. The van der Waals surface area contributed by atoms with Crippen LogP contribution in [-0.4, -0.2) is 62.2 Å². The average molecular weight is 677 g/mol. The zero-order valence-corrected chi connectivity index (χ0v) is 31.0. The number of ketones is 1. The van der Waals surface area contributed by atoms with Gasteiger partial charge in [0.2, 0.25) is 0 Å². The average Bonchev–Trinajstić information content (AvgIpc) is 3.40. The lowest BCUT2D eigenvalue weighted by molar-refractivity contribution is -1.09. The second-order valence-electron chi connectivity index (χ2n) is 15.9. The van der Waals surface area contributed by atoms with E-state index >= 15 is 0 Å². The highest BCUT2D eigenvalue weighted by atomic mass is 19.1. The molecule has 2 aromatic carbocycles. The number of rotatable bonds is 20. The van der Waals surface area contributed by atoms with Gasteiger partial charge in [-0.3, -0.25) is 9.63 Å². The molecule has 0 saturated carbocycles. The molecule has 1 fully saturated rings. The lowest BCUT2D eigenvalue weighted by Gasteiger charge is -2.45. The Balaban J connectivity index is 1.18.